The molecule has 0 radical (unpaired) electrons. The first kappa shape index (κ1) is 60.8. The van der Waals surface area contributed by atoms with Crippen LogP contribution in [0.15, 0.2) is 122 Å². The maximum Gasteiger partial charge on any atom is 0.306 e. The number of hydrogen-bond acceptors (Lipinski definition) is 6. The second-order valence-electron chi connectivity index (χ2n) is 16.7. The Labute approximate surface area is 399 Å². The summed E-state index contributed by atoms with van der Waals surface area (Å²) in [6, 6.07) is 0. The van der Waals surface area contributed by atoms with Crippen molar-refractivity contribution in [3.05, 3.63) is 122 Å². The molecule has 0 bridgehead atoms. The third-order valence-corrected chi connectivity index (χ3v) is 10.5. The van der Waals surface area contributed by atoms with Gasteiger partial charge in [-0.2, -0.15) is 0 Å². The van der Waals surface area contributed by atoms with E-state index in [0.29, 0.717) is 19.3 Å². The SMILES string of the molecule is CC/C=C\C/C=C\C/C=C\C/C=C\C/C=C\C/C=C\CCC(=O)OCC(COC(=O)CCCCCCCCCCCCC)OC(=O)CCC/C=C\C/C=C\C/C=C\C/C=C\CCCCC. The molecule has 0 N–H and O–H groups in total. The molecule has 0 spiro atoms. The van der Waals surface area contributed by atoms with E-state index in [1.165, 1.54) is 77.0 Å². The van der Waals surface area contributed by atoms with E-state index in [0.717, 1.165) is 83.5 Å². The molecule has 6 nitrogen and oxygen atoms in total. The molecule has 0 saturated carbocycles. The number of rotatable bonds is 45. The lowest BCUT2D eigenvalue weighted by molar-refractivity contribution is -0.166. The van der Waals surface area contributed by atoms with E-state index in [2.05, 4.69) is 130 Å². The first-order chi connectivity index (χ1) is 32.0. The van der Waals surface area contributed by atoms with E-state index in [4.69, 9.17) is 14.2 Å². The average molecular weight is 899 g/mol. The summed E-state index contributed by atoms with van der Waals surface area (Å²) in [5.41, 5.74) is 0. The lowest BCUT2D eigenvalue weighted by atomic mass is 10.1. The van der Waals surface area contributed by atoms with Crippen molar-refractivity contribution in [3.8, 4) is 0 Å². The van der Waals surface area contributed by atoms with Crippen molar-refractivity contribution in [2.24, 2.45) is 0 Å². The molecule has 0 aliphatic carbocycles. The quantitative estimate of drug-likeness (QED) is 0.0262. The van der Waals surface area contributed by atoms with Crippen molar-refractivity contribution in [2.45, 2.75) is 219 Å². The van der Waals surface area contributed by atoms with Crippen LogP contribution in [0.25, 0.3) is 0 Å². The summed E-state index contributed by atoms with van der Waals surface area (Å²) in [4.78, 5) is 37.9. The van der Waals surface area contributed by atoms with Crippen LogP contribution in [-0.4, -0.2) is 37.2 Å². The van der Waals surface area contributed by atoms with Gasteiger partial charge in [0.25, 0.3) is 0 Å². The van der Waals surface area contributed by atoms with Crippen molar-refractivity contribution >= 4 is 17.9 Å². The molecule has 65 heavy (non-hydrogen) atoms. The zero-order valence-corrected chi connectivity index (χ0v) is 41.7. The van der Waals surface area contributed by atoms with Crippen LogP contribution in [0.2, 0.25) is 0 Å². The number of unbranched alkanes of at least 4 members (excludes halogenated alkanes) is 14. The van der Waals surface area contributed by atoms with Crippen molar-refractivity contribution in [1.29, 1.82) is 0 Å². The summed E-state index contributed by atoms with van der Waals surface area (Å²) in [5, 5.41) is 0. The first-order valence-corrected chi connectivity index (χ1v) is 26.0. The molecule has 0 aliphatic rings. The summed E-state index contributed by atoms with van der Waals surface area (Å²) >= 11 is 0. The summed E-state index contributed by atoms with van der Waals surface area (Å²) in [5.74, 6) is -1.08. The highest BCUT2D eigenvalue weighted by Gasteiger charge is 2.19. The number of ether oxygens (including phenoxy) is 3. The van der Waals surface area contributed by atoms with Gasteiger partial charge in [-0.15, -0.1) is 0 Å². The van der Waals surface area contributed by atoms with Crippen LogP contribution >= 0.6 is 0 Å². The molecule has 0 heterocycles. The predicted molar refractivity (Wildman–Crippen MR) is 279 cm³/mol. The highest BCUT2D eigenvalue weighted by molar-refractivity contribution is 5.71. The van der Waals surface area contributed by atoms with E-state index < -0.39 is 6.10 Å². The lowest BCUT2D eigenvalue weighted by Gasteiger charge is -2.18. The molecule has 1 atom stereocenters. The Morgan fingerprint density at radius 2 is 0.646 bits per heavy atom. The Bertz CT molecular complexity index is 1400. The van der Waals surface area contributed by atoms with Gasteiger partial charge in [-0.1, -0.05) is 219 Å². The van der Waals surface area contributed by atoms with Crippen LogP contribution in [0.5, 0.6) is 0 Å². The highest BCUT2D eigenvalue weighted by atomic mass is 16.6. The van der Waals surface area contributed by atoms with Crippen LogP contribution in [0, 0.1) is 0 Å². The van der Waals surface area contributed by atoms with Crippen molar-refractivity contribution in [2.75, 3.05) is 13.2 Å². The van der Waals surface area contributed by atoms with Gasteiger partial charge < -0.3 is 14.2 Å². The van der Waals surface area contributed by atoms with Gasteiger partial charge in [-0.3, -0.25) is 14.4 Å². The molecule has 6 heteroatoms. The second kappa shape index (κ2) is 52.4. The number of hydrogen-bond donors (Lipinski definition) is 0. The molecule has 0 saturated heterocycles. The van der Waals surface area contributed by atoms with Gasteiger partial charge in [0, 0.05) is 19.3 Å². The van der Waals surface area contributed by atoms with Crippen LogP contribution in [0.1, 0.15) is 213 Å². The number of carbonyl (C=O) groups excluding carboxylic acids is 3. The molecular weight excluding hydrogens is 805 g/mol. The van der Waals surface area contributed by atoms with Crippen LogP contribution in [0.4, 0.5) is 0 Å². The minimum absolute atomic E-state index is 0.125. The Balaban J connectivity index is 4.59. The Morgan fingerprint density at radius 3 is 1.08 bits per heavy atom. The molecule has 0 aromatic rings. The fraction of sp³-hybridized carbons (Fsp3) is 0.610. The monoisotopic (exact) mass is 899 g/mol. The van der Waals surface area contributed by atoms with Gasteiger partial charge in [-0.05, 0) is 96.3 Å². The predicted octanol–water partition coefficient (Wildman–Crippen LogP) is 17.3. The van der Waals surface area contributed by atoms with Gasteiger partial charge in [0.2, 0.25) is 0 Å². The molecule has 0 amide bonds. The molecule has 1 unspecified atom stereocenters. The molecular formula is C59H94O6. The highest BCUT2D eigenvalue weighted by Crippen LogP contribution is 2.13. The van der Waals surface area contributed by atoms with E-state index in [1.54, 1.807) is 0 Å². The Hall–Kier alpha value is -4.19. The molecule has 0 fully saturated rings. The largest absolute Gasteiger partial charge is 0.462 e. The van der Waals surface area contributed by atoms with E-state index in [9.17, 15) is 14.4 Å². The van der Waals surface area contributed by atoms with Crippen LogP contribution < -0.4 is 0 Å². The van der Waals surface area contributed by atoms with Crippen molar-refractivity contribution in [1.82, 2.24) is 0 Å². The number of allylic oxidation sites excluding steroid dienone is 20. The summed E-state index contributed by atoms with van der Waals surface area (Å²) in [7, 11) is 0. The van der Waals surface area contributed by atoms with Crippen molar-refractivity contribution in [3.63, 3.8) is 0 Å². The molecule has 0 aromatic heterocycles. The van der Waals surface area contributed by atoms with Gasteiger partial charge in [-0.25, -0.2) is 0 Å². The maximum absolute atomic E-state index is 12.8. The maximum atomic E-state index is 12.8. The first-order valence-electron chi connectivity index (χ1n) is 26.0. The smallest absolute Gasteiger partial charge is 0.306 e. The van der Waals surface area contributed by atoms with Gasteiger partial charge in [0.05, 0.1) is 0 Å². The molecule has 0 aliphatic heterocycles. The minimum atomic E-state index is -0.838. The van der Waals surface area contributed by atoms with E-state index in [1.807, 2.05) is 12.2 Å². The molecule has 0 rings (SSSR count). The standard InChI is InChI=1S/C59H94O6/c1-4-7-10-13-16-19-22-24-26-28-29-31-32-34-37-40-43-46-49-52-58(61)64-55-56(54-63-57(60)51-48-45-42-39-36-21-18-15-12-9-6-3)65-59(62)53-50-47-44-41-38-35-33-30-27-25-23-20-17-14-11-8-5-2/h7,10,16-17,19-20,24-27,29,31,33-35,37,41,43-44,46,56H,4-6,8-9,11-15,18,21-23,28,30,32,36,38-40,42,45,47-55H2,1-3H3/b10-7-,19-16-,20-17-,26-24-,27-25-,31-29-,35-33-,37-34-,44-41-,46-43-. The summed E-state index contributed by atoms with van der Waals surface area (Å²) in [6.45, 7) is 6.36. The minimum Gasteiger partial charge on any atom is -0.462 e. The van der Waals surface area contributed by atoms with Crippen molar-refractivity contribution < 1.29 is 28.6 Å². The van der Waals surface area contributed by atoms with Gasteiger partial charge >= 0.3 is 17.9 Å². The molecule has 0 aromatic carbocycles. The topological polar surface area (TPSA) is 78.9 Å². The van der Waals surface area contributed by atoms with Crippen LogP contribution in [0.3, 0.4) is 0 Å². The fourth-order valence-corrected chi connectivity index (χ4v) is 6.58. The van der Waals surface area contributed by atoms with Gasteiger partial charge in [0.1, 0.15) is 13.2 Å². The lowest BCUT2D eigenvalue weighted by Crippen LogP contribution is -2.30. The number of carbonyl (C=O) groups is 3. The van der Waals surface area contributed by atoms with E-state index >= 15 is 0 Å². The second-order valence-corrected chi connectivity index (χ2v) is 16.7. The van der Waals surface area contributed by atoms with Crippen LogP contribution in [-0.2, 0) is 28.6 Å². The zero-order chi connectivity index (χ0) is 47.2. The summed E-state index contributed by atoms with van der Waals surface area (Å²) in [6.07, 6.45) is 72.0. The Kier molecular flexibility index (Phi) is 49.1. The molecule has 366 valence electrons. The third kappa shape index (κ3) is 50.7. The average Bonchev–Trinajstić information content (AvgIpc) is 3.30. The van der Waals surface area contributed by atoms with E-state index in [-0.39, 0.29) is 44.0 Å². The fourth-order valence-electron chi connectivity index (χ4n) is 6.58. The third-order valence-electron chi connectivity index (χ3n) is 10.5. The van der Waals surface area contributed by atoms with Gasteiger partial charge in [0.15, 0.2) is 6.10 Å². The summed E-state index contributed by atoms with van der Waals surface area (Å²) < 4.78 is 16.7. The zero-order valence-electron chi connectivity index (χ0n) is 41.7. The Morgan fingerprint density at radius 1 is 0.323 bits per heavy atom. The normalized spacial score (nSPS) is 13.1. The number of esters is 3.